The molecule has 0 aliphatic rings. The summed E-state index contributed by atoms with van der Waals surface area (Å²) in [6.45, 7) is 0. The number of hydrogen-bond donors (Lipinski definition) is 0. The molecule has 3 aromatic rings. The molecule has 0 saturated heterocycles. The zero-order chi connectivity index (χ0) is 18.0. The zero-order valence-electron chi connectivity index (χ0n) is 14.3. The Kier molecular flexibility index (Phi) is 4.36. The SMILES string of the molecule is COc1ccc2c(C(=O)N(C)C)nc(C#N)c(-c3ccccc3)c2c1. The maximum absolute atomic E-state index is 12.6. The van der Waals surface area contributed by atoms with Crippen LogP contribution in [0, 0.1) is 11.3 Å². The molecule has 0 radical (unpaired) electrons. The van der Waals surface area contributed by atoms with Crippen LogP contribution in [0.5, 0.6) is 5.75 Å². The second-order valence-corrected chi connectivity index (χ2v) is 5.77. The first-order valence-electron chi connectivity index (χ1n) is 7.75. The maximum Gasteiger partial charge on any atom is 0.272 e. The molecule has 0 atom stereocenters. The number of aromatic nitrogens is 1. The summed E-state index contributed by atoms with van der Waals surface area (Å²) in [4.78, 5) is 18.4. The number of carbonyl (C=O) groups is 1. The lowest BCUT2D eigenvalue weighted by molar-refractivity contribution is 0.0824. The highest BCUT2D eigenvalue weighted by Crippen LogP contribution is 2.35. The predicted molar refractivity (Wildman–Crippen MR) is 96.5 cm³/mol. The van der Waals surface area contributed by atoms with Crippen LogP contribution in [-0.4, -0.2) is 37.0 Å². The van der Waals surface area contributed by atoms with Crippen molar-refractivity contribution in [3.63, 3.8) is 0 Å². The van der Waals surface area contributed by atoms with Gasteiger partial charge in [0, 0.05) is 25.0 Å². The second-order valence-electron chi connectivity index (χ2n) is 5.77. The standard InChI is InChI=1S/C20H17N3O2/c1-23(2)20(24)19-15-10-9-14(25-3)11-16(15)18(17(12-21)22-19)13-7-5-4-6-8-13/h4-11H,1-3H3. The molecule has 1 amide bonds. The Bertz CT molecular complexity index is 989. The largest absolute Gasteiger partial charge is 0.497 e. The predicted octanol–water partition coefficient (Wildman–Crippen LogP) is 3.48. The fraction of sp³-hybridized carbons (Fsp3) is 0.150. The lowest BCUT2D eigenvalue weighted by Crippen LogP contribution is -2.23. The summed E-state index contributed by atoms with van der Waals surface area (Å²) in [7, 11) is 4.91. The van der Waals surface area contributed by atoms with Crippen molar-refractivity contribution in [2.24, 2.45) is 0 Å². The van der Waals surface area contributed by atoms with E-state index in [1.165, 1.54) is 4.90 Å². The van der Waals surface area contributed by atoms with Gasteiger partial charge in [0.25, 0.3) is 5.91 Å². The van der Waals surface area contributed by atoms with Gasteiger partial charge in [0.1, 0.15) is 23.2 Å². The third-order valence-electron chi connectivity index (χ3n) is 3.99. The van der Waals surface area contributed by atoms with Gasteiger partial charge in [-0.2, -0.15) is 5.26 Å². The third kappa shape index (κ3) is 2.90. The molecule has 0 saturated carbocycles. The minimum Gasteiger partial charge on any atom is -0.497 e. The van der Waals surface area contributed by atoms with Gasteiger partial charge >= 0.3 is 0 Å². The van der Waals surface area contributed by atoms with Gasteiger partial charge in [-0.15, -0.1) is 0 Å². The molecule has 2 aromatic carbocycles. The Labute approximate surface area is 146 Å². The molecule has 0 bridgehead atoms. The van der Waals surface area contributed by atoms with Crippen LogP contribution >= 0.6 is 0 Å². The summed E-state index contributed by atoms with van der Waals surface area (Å²) in [6, 6.07) is 17.1. The molecule has 0 aliphatic carbocycles. The van der Waals surface area contributed by atoms with E-state index in [1.54, 1.807) is 27.3 Å². The number of nitriles is 1. The Hall–Kier alpha value is -3.39. The highest BCUT2D eigenvalue weighted by molar-refractivity contribution is 6.10. The summed E-state index contributed by atoms with van der Waals surface area (Å²) in [6.07, 6.45) is 0. The van der Waals surface area contributed by atoms with Gasteiger partial charge in [-0.3, -0.25) is 4.79 Å². The number of fused-ring (bicyclic) bond motifs is 1. The van der Waals surface area contributed by atoms with Crippen molar-refractivity contribution in [3.8, 4) is 22.9 Å². The fourth-order valence-corrected chi connectivity index (χ4v) is 2.77. The highest BCUT2D eigenvalue weighted by Gasteiger charge is 2.21. The summed E-state index contributed by atoms with van der Waals surface area (Å²) in [5.74, 6) is 0.411. The van der Waals surface area contributed by atoms with E-state index in [9.17, 15) is 10.1 Å². The molecule has 0 N–H and O–H groups in total. The number of rotatable bonds is 3. The van der Waals surface area contributed by atoms with Gasteiger partial charge in [0.2, 0.25) is 0 Å². The van der Waals surface area contributed by atoms with Crippen molar-refractivity contribution in [1.29, 1.82) is 5.26 Å². The normalized spacial score (nSPS) is 10.3. The van der Waals surface area contributed by atoms with Crippen molar-refractivity contribution >= 4 is 16.7 Å². The molecule has 0 aliphatic heterocycles. The number of ether oxygens (including phenoxy) is 1. The lowest BCUT2D eigenvalue weighted by atomic mass is 9.95. The molecule has 0 fully saturated rings. The van der Waals surface area contributed by atoms with Gasteiger partial charge in [0.05, 0.1) is 7.11 Å². The first-order valence-corrected chi connectivity index (χ1v) is 7.75. The number of amides is 1. The van der Waals surface area contributed by atoms with Crippen molar-refractivity contribution < 1.29 is 9.53 Å². The first-order chi connectivity index (χ1) is 12.1. The molecule has 1 aromatic heterocycles. The van der Waals surface area contributed by atoms with Crippen molar-refractivity contribution in [3.05, 3.63) is 59.9 Å². The molecule has 0 spiro atoms. The minimum absolute atomic E-state index is 0.220. The van der Waals surface area contributed by atoms with E-state index in [0.29, 0.717) is 16.7 Å². The molecule has 3 rings (SSSR count). The van der Waals surface area contributed by atoms with Crippen LogP contribution in [0.25, 0.3) is 21.9 Å². The van der Waals surface area contributed by atoms with E-state index in [-0.39, 0.29) is 17.3 Å². The van der Waals surface area contributed by atoms with Crippen LogP contribution < -0.4 is 4.74 Å². The topological polar surface area (TPSA) is 66.2 Å². The Balaban J connectivity index is 2.45. The van der Waals surface area contributed by atoms with E-state index in [1.807, 2.05) is 42.5 Å². The quantitative estimate of drug-likeness (QED) is 0.737. The van der Waals surface area contributed by atoms with Crippen molar-refractivity contribution in [1.82, 2.24) is 9.88 Å². The van der Waals surface area contributed by atoms with Gasteiger partial charge in [0.15, 0.2) is 0 Å². The molecule has 124 valence electrons. The van der Waals surface area contributed by atoms with Gasteiger partial charge in [-0.25, -0.2) is 4.98 Å². The molecule has 1 heterocycles. The van der Waals surface area contributed by atoms with Crippen LogP contribution in [0.4, 0.5) is 0 Å². The Morgan fingerprint density at radius 2 is 1.84 bits per heavy atom. The van der Waals surface area contributed by atoms with Crippen LogP contribution in [-0.2, 0) is 0 Å². The van der Waals surface area contributed by atoms with Crippen LogP contribution in [0.2, 0.25) is 0 Å². The van der Waals surface area contributed by atoms with Crippen molar-refractivity contribution in [2.75, 3.05) is 21.2 Å². The monoisotopic (exact) mass is 331 g/mol. The van der Waals surface area contributed by atoms with E-state index in [4.69, 9.17) is 4.74 Å². The second kappa shape index (κ2) is 6.62. The number of pyridine rings is 1. The highest BCUT2D eigenvalue weighted by atomic mass is 16.5. The summed E-state index contributed by atoms with van der Waals surface area (Å²) in [5, 5.41) is 11.1. The number of benzene rings is 2. The van der Waals surface area contributed by atoms with Gasteiger partial charge in [-0.05, 0) is 29.1 Å². The minimum atomic E-state index is -0.244. The van der Waals surface area contributed by atoms with E-state index in [0.717, 1.165) is 10.9 Å². The van der Waals surface area contributed by atoms with Crippen LogP contribution in [0.15, 0.2) is 48.5 Å². The van der Waals surface area contributed by atoms with E-state index in [2.05, 4.69) is 11.1 Å². The van der Waals surface area contributed by atoms with Crippen LogP contribution in [0.1, 0.15) is 16.2 Å². The third-order valence-corrected chi connectivity index (χ3v) is 3.99. The molecular weight excluding hydrogens is 314 g/mol. The van der Waals surface area contributed by atoms with E-state index < -0.39 is 0 Å². The maximum atomic E-state index is 12.6. The van der Waals surface area contributed by atoms with Gasteiger partial charge in [-0.1, -0.05) is 30.3 Å². The molecule has 5 heteroatoms. The molecule has 0 unspecified atom stereocenters. The number of methoxy groups -OCH3 is 1. The summed E-state index contributed by atoms with van der Waals surface area (Å²) < 4.78 is 5.34. The Morgan fingerprint density at radius 1 is 1.12 bits per heavy atom. The average molecular weight is 331 g/mol. The number of carbonyl (C=O) groups excluding carboxylic acids is 1. The van der Waals surface area contributed by atoms with E-state index >= 15 is 0 Å². The number of nitrogens with zero attached hydrogens (tertiary/aromatic N) is 3. The first kappa shape index (κ1) is 16.5. The fourth-order valence-electron chi connectivity index (χ4n) is 2.77. The number of hydrogen-bond acceptors (Lipinski definition) is 4. The Morgan fingerprint density at radius 3 is 2.44 bits per heavy atom. The lowest BCUT2D eigenvalue weighted by Gasteiger charge is -2.16. The zero-order valence-corrected chi connectivity index (χ0v) is 14.3. The molecule has 25 heavy (non-hydrogen) atoms. The smallest absolute Gasteiger partial charge is 0.272 e. The van der Waals surface area contributed by atoms with Crippen LogP contribution in [0.3, 0.4) is 0 Å². The molecule has 5 nitrogen and oxygen atoms in total. The van der Waals surface area contributed by atoms with Crippen molar-refractivity contribution in [2.45, 2.75) is 0 Å². The van der Waals surface area contributed by atoms with Gasteiger partial charge < -0.3 is 9.64 Å². The molecular formula is C20H17N3O2. The summed E-state index contributed by atoms with van der Waals surface area (Å²) >= 11 is 0. The average Bonchev–Trinajstić information content (AvgIpc) is 2.66. The summed E-state index contributed by atoms with van der Waals surface area (Å²) in [5.41, 5.74) is 2.05.